The molecule has 3 fully saturated rings. The molecule has 0 aliphatic heterocycles. The number of hydrogen-bond donors (Lipinski definition) is 1. The van der Waals surface area contributed by atoms with E-state index in [1.54, 1.807) is 5.57 Å². The minimum Gasteiger partial charge on any atom is -0.393 e. The van der Waals surface area contributed by atoms with Gasteiger partial charge in [-0.25, -0.2) is 0 Å². The summed E-state index contributed by atoms with van der Waals surface area (Å²) in [5.74, 6) is 5.46. The molecule has 0 saturated heterocycles. The first kappa shape index (κ1) is 50.5. The van der Waals surface area contributed by atoms with Gasteiger partial charge in [-0.3, -0.25) is 0 Å². The molecule has 0 unspecified atom stereocenters. The van der Waals surface area contributed by atoms with Crippen molar-refractivity contribution in [1.82, 2.24) is 0 Å². The third-order valence-corrected chi connectivity index (χ3v) is 15.7. The first-order valence-corrected chi connectivity index (χ1v) is 24.7. The SMILES string of the molecule is CC(C)=CCC/C(C)=C\CC/C(C)=C/CC/C=C(\C)CC/C=C(\C)CCC=C(C)C.CC(C)CCC[C@@H](C)[C@H]1CC[C@H]2[C@@H]3CC=C4C[C@@H](O)CC[C@]4(C)[C@H]3CC[C@]12C. The molecular formula is C57H96O. The Balaban J connectivity index is 0.000000310. The molecule has 58 heavy (non-hydrogen) atoms. The van der Waals surface area contributed by atoms with Gasteiger partial charge < -0.3 is 5.11 Å². The third-order valence-electron chi connectivity index (χ3n) is 15.7. The van der Waals surface area contributed by atoms with Crippen LogP contribution in [0, 0.1) is 46.3 Å². The lowest BCUT2D eigenvalue weighted by Crippen LogP contribution is -2.50. The van der Waals surface area contributed by atoms with Crippen LogP contribution in [0.2, 0.25) is 0 Å². The van der Waals surface area contributed by atoms with Crippen LogP contribution in [0.4, 0.5) is 0 Å². The highest BCUT2D eigenvalue weighted by Gasteiger charge is 2.59. The van der Waals surface area contributed by atoms with Crippen molar-refractivity contribution < 1.29 is 5.11 Å². The van der Waals surface area contributed by atoms with Crippen LogP contribution in [0.15, 0.2) is 81.5 Å². The summed E-state index contributed by atoms with van der Waals surface area (Å²) in [5.41, 5.74) is 11.6. The average molecular weight is 797 g/mol. The predicted molar refractivity (Wildman–Crippen MR) is 259 cm³/mol. The first-order chi connectivity index (χ1) is 27.5. The highest BCUT2D eigenvalue weighted by atomic mass is 16.3. The van der Waals surface area contributed by atoms with Crippen LogP contribution in [-0.2, 0) is 0 Å². The normalized spacial score (nSPS) is 29.4. The summed E-state index contributed by atoms with van der Waals surface area (Å²) in [6.45, 7) is 30.4. The monoisotopic (exact) mass is 797 g/mol. The topological polar surface area (TPSA) is 20.2 Å². The zero-order valence-corrected chi connectivity index (χ0v) is 40.9. The Bertz CT molecular complexity index is 1390. The molecule has 1 heteroatoms. The van der Waals surface area contributed by atoms with E-state index in [9.17, 15) is 5.11 Å². The molecule has 0 aromatic heterocycles. The van der Waals surface area contributed by atoms with Crippen molar-refractivity contribution in [1.29, 1.82) is 0 Å². The molecule has 0 spiro atoms. The van der Waals surface area contributed by atoms with Crippen molar-refractivity contribution >= 4 is 0 Å². The summed E-state index contributed by atoms with van der Waals surface area (Å²) >= 11 is 0. The number of fused-ring (bicyclic) bond motifs is 5. The number of aliphatic hydroxyl groups excluding tert-OH is 1. The van der Waals surface area contributed by atoms with Crippen LogP contribution in [0.1, 0.15) is 225 Å². The standard InChI is InChI=1S/C30H50.C27H46O/c1-25(2)15-11-19-29(7)23-13-21-27(5)17-9-10-18-28(6)22-14-24-30(8)20-12-16-26(3)4;1-18(2)7-6-8-19(3)23-11-12-24-22-10-9-20-17-21(28)13-15-26(20,4)25(22)14-16-27(23,24)5/h15-18,23-24H,9-14,19-22H2,1-8H3;9,18-19,21-25,28H,6-8,10-17H2,1-5H3/b27-17+,28-18+,29-23-,30-24+;/t;19-,21+,22+,23-,24+,25+,26+,27-/m.1/s1. The van der Waals surface area contributed by atoms with E-state index in [1.807, 2.05) is 0 Å². The van der Waals surface area contributed by atoms with Gasteiger partial charge in [0.2, 0.25) is 0 Å². The first-order valence-electron chi connectivity index (χ1n) is 24.7. The second kappa shape index (κ2) is 25.2. The highest BCUT2D eigenvalue weighted by Crippen LogP contribution is 2.67. The van der Waals surface area contributed by atoms with E-state index in [2.05, 4.69) is 133 Å². The maximum atomic E-state index is 10.2. The Morgan fingerprint density at radius 1 is 0.621 bits per heavy atom. The highest BCUT2D eigenvalue weighted by molar-refractivity contribution is 5.25. The molecule has 4 rings (SSSR count). The van der Waals surface area contributed by atoms with Gasteiger partial charge in [0.1, 0.15) is 0 Å². The summed E-state index contributed by atoms with van der Waals surface area (Å²) < 4.78 is 0. The predicted octanol–water partition coefficient (Wildman–Crippen LogP) is 18.0. The van der Waals surface area contributed by atoms with Crippen LogP contribution in [0.3, 0.4) is 0 Å². The maximum absolute atomic E-state index is 10.2. The summed E-state index contributed by atoms with van der Waals surface area (Å²) in [4.78, 5) is 0. The smallest absolute Gasteiger partial charge is 0.0577 e. The van der Waals surface area contributed by atoms with E-state index in [-0.39, 0.29) is 6.10 Å². The second-order valence-corrected chi connectivity index (χ2v) is 21.7. The molecule has 330 valence electrons. The quantitative estimate of drug-likeness (QED) is 0.0961. The summed E-state index contributed by atoms with van der Waals surface area (Å²) in [6.07, 6.45) is 43.4. The van der Waals surface area contributed by atoms with Crippen molar-refractivity contribution in [3.8, 4) is 0 Å². The van der Waals surface area contributed by atoms with Gasteiger partial charge in [-0.1, -0.05) is 135 Å². The Hall–Kier alpha value is -1.86. The van der Waals surface area contributed by atoms with Gasteiger partial charge in [-0.05, 0) is 217 Å². The fourth-order valence-corrected chi connectivity index (χ4v) is 12.0. The Labute approximate surface area is 362 Å². The molecule has 0 aromatic rings. The van der Waals surface area contributed by atoms with E-state index in [1.165, 1.54) is 155 Å². The number of hydrogen-bond acceptors (Lipinski definition) is 1. The Kier molecular flexibility index (Phi) is 21.9. The zero-order valence-electron chi connectivity index (χ0n) is 40.9. The molecule has 4 aliphatic rings. The molecule has 0 amide bonds. The molecule has 0 aromatic carbocycles. The van der Waals surface area contributed by atoms with E-state index in [0.717, 1.165) is 48.3 Å². The molecule has 0 heterocycles. The van der Waals surface area contributed by atoms with Crippen LogP contribution < -0.4 is 0 Å². The maximum Gasteiger partial charge on any atom is 0.0577 e. The van der Waals surface area contributed by atoms with E-state index >= 15 is 0 Å². The van der Waals surface area contributed by atoms with E-state index < -0.39 is 0 Å². The fraction of sp³-hybridized carbons (Fsp3) is 0.754. The minimum absolute atomic E-state index is 0.0766. The molecular weight excluding hydrogens is 701 g/mol. The van der Waals surface area contributed by atoms with E-state index in [0.29, 0.717) is 10.8 Å². The van der Waals surface area contributed by atoms with Gasteiger partial charge in [0.15, 0.2) is 0 Å². The van der Waals surface area contributed by atoms with Crippen molar-refractivity contribution in [2.75, 3.05) is 0 Å². The molecule has 4 aliphatic carbocycles. The molecule has 8 atom stereocenters. The number of aliphatic hydroxyl groups is 1. The van der Waals surface area contributed by atoms with Gasteiger partial charge in [-0.2, -0.15) is 0 Å². The fourth-order valence-electron chi connectivity index (χ4n) is 12.0. The van der Waals surface area contributed by atoms with Crippen LogP contribution in [0.25, 0.3) is 0 Å². The van der Waals surface area contributed by atoms with Gasteiger partial charge in [0, 0.05) is 0 Å². The number of rotatable bonds is 20. The molecule has 0 radical (unpaired) electrons. The van der Waals surface area contributed by atoms with Gasteiger partial charge in [-0.15, -0.1) is 0 Å². The molecule has 1 N–H and O–H groups in total. The number of unbranched alkanes of at least 4 members (excludes halogenated alkanes) is 1. The van der Waals surface area contributed by atoms with Crippen LogP contribution >= 0.6 is 0 Å². The Morgan fingerprint density at radius 2 is 1.12 bits per heavy atom. The van der Waals surface area contributed by atoms with Crippen molar-refractivity contribution in [2.45, 2.75) is 231 Å². The second-order valence-electron chi connectivity index (χ2n) is 21.7. The average Bonchev–Trinajstić information content (AvgIpc) is 3.51. The third kappa shape index (κ3) is 16.2. The lowest BCUT2D eigenvalue weighted by atomic mass is 9.47. The van der Waals surface area contributed by atoms with Gasteiger partial charge >= 0.3 is 0 Å². The summed E-state index contributed by atoms with van der Waals surface area (Å²) in [6, 6.07) is 0. The number of allylic oxidation sites excluding steroid dienone is 13. The summed E-state index contributed by atoms with van der Waals surface area (Å²) in [7, 11) is 0. The minimum atomic E-state index is -0.0766. The van der Waals surface area contributed by atoms with Gasteiger partial charge in [0.25, 0.3) is 0 Å². The Morgan fingerprint density at radius 3 is 1.62 bits per heavy atom. The van der Waals surface area contributed by atoms with E-state index in [4.69, 9.17) is 0 Å². The molecule has 0 bridgehead atoms. The largest absolute Gasteiger partial charge is 0.393 e. The molecule has 3 saturated carbocycles. The zero-order chi connectivity index (χ0) is 42.9. The lowest BCUT2D eigenvalue weighted by Gasteiger charge is -2.58. The van der Waals surface area contributed by atoms with Crippen molar-refractivity contribution in [3.05, 3.63) is 81.5 Å². The van der Waals surface area contributed by atoms with Crippen LogP contribution in [-0.4, -0.2) is 11.2 Å². The van der Waals surface area contributed by atoms with Crippen molar-refractivity contribution in [2.24, 2.45) is 46.3 Å². The molecule has 1 nitrogen and oxygen atoms in total. The van der Waals surface area contributed by atoms with Gasteiger partial charge in [0.05, 0.1) is 6.10 Å². The summed E-state index contributed by atoms with van der Waals surface area (Å²) in [5, 5.41) is 10.2. The van der Waals surface area contributed by atoms with Crippen LogP contribution in [0.5, 0.6) is 0 Å². The van der Waals surface area contributed by atoms with Crippen molar-refractivity contribution in [3.63, 3.8) is 0 Å². The lowest BCUT2D eigenvalue weighted by molar-refractivity contribution is -0.0573.